The van der Waals surface area contributed by atoms with Crippen LogP contribution >= 0.6 is 0 Å². The molecule has 19 heavy (non-hydrogen) atoms. The van der Waals surface area contributed by atoms with Crippen LogP contribution in [0.2, 0.25) is 0 Å². The van der Waals surface area contributed by atoms with Crippen LogP contribution in [0, 0.1) is 11.8 Å². The summed E-state index contributed by atoms with van der Waals surface area (Å²) in [4.78, 5) is 12.1. The van der Waals surface area contributed by atoms with E-state index < -0.39 is 0 Å². The fraction of sp³-hybridized carbons (Fsp3) is 0.533. The first-order valence-electron chi connectivity index (χ1n) is 6.78. The van der Waals surface area contributed by atoms with Gasteiger partial charge in [0.1, 0.15) is 5.75 Å². The number of aliphatic hydroxyl groups is 1. The molecule has 1 aromatic rings. The molecule has 1 saturated carbocycles. The predicted molar refractivity (Wildman–Crippen MR) is 73.2 cm³/mol. The summed E-state index contributed by atoms with van der Waals surface area (Å²) in [6.07, 6.45) is 3.28. The fourth-order valence-electron chi connectivity index (χ4n) is 2.77. The number of benzene rings is 1. The van der Waals surface area contributed by atoms with Gasteiger partial charge in [0, 0.05) is 13.2 Å². The molecule has 0 bridgehead atoms. The summed E-state index contributed by atoms with van der Waals surface area (Å²) in [6.45, 7) is 0.845. The quantitative estimate of drug-likeness (QED) is 0.852. The van der Waals surface area contributed by atoms with E-state index in [4.69, 9.17) is 4.74 Å². The minimum atomic E-state index is -0.110. The van der Waals surface area contributed by atoms with Crippen LogP contribution in [0.25, 0.3) is 0 Å². The Bertz CT molecular complexity index is 433. The highest BCUT2D eigenvalue weighted by Crippen LogP contribution is 2.30. The van der Waals surface area contributed by atoms with E-state index in [9.17, 15) is 9.90 Å². The molecule has 1 aliphatic rings. The number of carbonyl (C=O) groups excluding carboxylic acids is 1. The van der Waals surface area contributed by atoms with Crippen molar-refractivity contribution in [2.75, 3.05) is 20.3 Å². The van der Waals surface area contributed by atoms with Gasteiger partial charge in [0.05, 0.1) is 12.7 Å². The SMILES string of the molecule is COc1ccccc1C(=O)NCC1CCCC1CO. The molecular weight excluding hydrogens is 242 g/mol. The maximum atomic E-state index is 12.1. The van der Waals surface area contributed by atoms with E-state index in [-0.39, 0.29) is 12.5 Å². The molecule has 4 nitrogen and oxygen atoms in total. The Kier molecular flexibility index (Phi) is 4.80. The summed E-state index contributed by atoms with van der Waals surface area (Å²) in [6, 6.07) is 7.20. The first-order chi connectivity index (χ1) is 9.26. The Hall–Kier alpha value is -1.55. The summed E-state index contributed by atoms with van der Waals surface area (Å²) < 4.78 is 5.18. The zero-order valence-electron chi connectivity index (χ0n) is 11.3. The van der Waals surface area contributed by atoms with E-state index in [1.54, 1.807) is 19.2 Å². The molecule has 0 aliphatic heterocycles. The monoisotopic (exact) mass is 263 g/mol. The van der Waals surface area contributed by atoms with E-state index in [0.717, 1.165) is 19.3 Å². The third-order valence-corrected chi connectivity index (χ3v) is 3.93. The second-order valence-electron chi connectivity index (χ2n) is 5.04. The maximum Gasteiger partial charge on any atom is 0.255 e. The van der Waals surface area contributed by atoms with Gasteiger partial charge in [-0.1, -0.05) is 18.6 Å². The van der Waals surface area contributed by atoms with Gasteiger partial charge in [-0.3, -0.25) is 4.79 Å². The molecule has 0 heterocycles. The van der Waals surface area contributed by atoms with Crippen LogP contribution in [-0.2, 0) is 0 Å². The van der Waals surface area contributed by atoms with Gasteiger partial charge in [0.25, 0.3) is 5.91 Å². The number of aliphatic hydroxyl groups excluding tert-OH is 1. The molecule has 104 valence electrons. The Balaban J connectivity index is 1.94. The zero-order chi connectivity index (χ0) is 13.7. The lowest BCUT2D eigenvalue weighted by molar-refractivity contribution is 0.0934. The Morgan fingerprint density at radius 1 is 1.37 bits per heavy atom. The van der Waals surface area contributed by atoms with E-state index in [1.165, 1.54) is 0 Å². The second-order valence-corrected chi connectivity index (χ2v) is 5.04. The highest BCUT2D eigenvalue weighted by molar-refractivity contribution is 5.96. The number of para-hydroxylation sites is 1. The number of amides is 1. The van der Waals surface area contributed by atoms with Crippen molar-refractivity contribution in [2.24, 2.45) is 11.8 Å². The molecule has 0 saturated heterocycles. The van der Waals surface area contributed by atoms with Gasteiger partial charge >= 0.3 is 0 Å². The second kappa shape index (κ2) is 6.57. The largest absolute Gasteiger partial charge is 0.496 e. The molecule has 0 aromatic heterocycles. The highest BCUT2D eigenvalue weighted by Gasteiger charge is 2.27. The first kappa shape index (κ1) is 13.9. The highest BCUT2D eigenvalue weighted by atomic mass is 16.5. The number of hydrogen-bond donors (Lipinski definition) is 2. The number of carbonyl (C=O) groups is 1. The molecule has 1 amide bonds. The van der Waals surface area contributed by atoms with Crippen molar-refractivity contribution in [3.05, 3.63) is 29.8 Å². The van der Waals surface area contributed by atoms with Gasteiger partial charge in [0.2, 0.25) is 0 Å². The lowest BCUT2D eigenvalue weighted by Crippen LogP contribution is -2.31. The summed E-state index contributed by atoms with van der Waals surface area (Å²) in [5.41, 5.74) is 0.559. The van der Waals surface area contributed by atoms with Crippen LogP contribution in [0.4, 0.5) is 0 Å². The lowest BCUT2D eigenvalue weighted by atomic mass is 9.97. The molecule has 2 rings (SSSR count). The molecule has 0 spiro atoms. The summed E-state index contributed by atoms with van der Waals surface area (Å²) >= 11 is 0. The van der Waals surface area contributed by atoms with Crippen LogP contribution in [0.5, 0.6) is 5.75 Å². The smallest absolute Gasteiger partial charge is 0.255 e. The Morgan fingerprint density at radius 3 is 2.84 bits per heavy atom. The van der Waals surface area contributed by atoms with E-state index in [0.29, 0.717) is 29.7 Å². The molecule has 1 aliphatic carbocycles. The molecule has 4 heteroatoms. The van der Waals surface area contributed by atoms with Crippen LogP contribution in [0.3, 0.4) is 0 Å². The third-order valence-electron chi connectivity index (χ3n) is 3.93. The van der Waals surface area contributed by atoms with E-state index in [2.05, 4.69) is 5.32 Å². The van der Waals surface area contributed by atoms with Crippen LogP contribution in [0.15, 0.2) is 24.3 Å². The van der Waals surface area contributed by atoms with Crippen LogP contribution < -0.4 is 10.1 Å². The predicted octanol–water partition coefficient (Wildman–Crippen LogP) is 1.83. The molecule has 2 N–H and O–H groups in total. The minimum Gasteiger partial charge on any atom is -0.496 e. The van der Waals surface area contributed by atoms with E-state index >= 15 is 0 Å². The average Bonchev–Trinajstić information content (AvgIpc) is 2.92. The standard InChI is InChI=1S/C15H21NO3/c1-19-14-8-3-2-7-13(14)15(18)16-9-11-5-4-6-12(11)10-17/h2-3,7-8,11-12,17H,4-6,9-10H2,1H3,(H,16,18). The number of ether oxygens (including phenoxy) is 1. The number of methoxy groups -OCH3 is 1. The molecule has 2 unspecified atom stereocenters. The van der Waals surface area contributed by atoms with Crippen molar-refractivity contribution in [3.63, 3.8) is 0 Å². The summed E-state index contributed by atoms with van der Waals surface area (Å²) in [7, 11) is 1.56. The van der Waals surface area contributed by atoms with Gasteiger partial charge in [-0.25, -0.2) is 0 Å². The zero-order valence-corrected chi connectivity index (χ0v) is 11.3. The summed E-state index contributed by atoms with van der Waals surface area (Å²) in [5.74, 6) is 1.20. The fourth-order valence-corrected chi connectivity index (χ4v) is 2.77. The molecule has 1 aromatic carbocycles. The van der Waals surface area contributed by atoms with Gasteiger partial charge in [-0.2, -0.15) is 0 Å². The van der Waals surface area contributed by atoms with Gasteiger partial charge in [-0.05, 0) is 36.8 Å². The average molecular weight is 263 g/mol. The molecule has 0 radical (unpaired) electrons. The number of hydrogen-bond acceptors (Lipinski definition) is 3. The van der Waals surface area contributed by atoms with Crippen molar-refractivity contribution < 1.29 is 14.6 Å². The van der Waals surface area contributed by atoms with Crippen molar-refractivity contribution in [1.82, 2.24) is 5.32 Å². The van der Waals surface area contributed by atoms with Crippen molar-refractivity contribution in [1.29, 1.82) is 0 Å². The van der Waals surface area contributed by atoms with Gasteiger partial charge < -0.3 is 15.2 Å². The third kappa shape index (κ3) is 3.26. The van der Waals surface area contributed by atoms with Crippen LogP contribution in [0.1, 0.15) is 29.6 Å². The molecular formula is C15H21NO3. The number of rotatable bonds is 5. The minimum absolute atomic E-state index is 0.110. The topological polar surface area (TPSA) is 58.6 Å². The Morgan fingerprint density at radius 2 is 2.11 bits per heavy atom. The normalized spacial score (nSPS) is 22.2. The molecule has 1 fully saturated rings. The number of nitrogens with one attached hydrogen (secondary N) is 1. The Labute approximate surface area is 113 Å². The lowest BCUT2D eigenvalue weighted by Gasteiger charge is -2.18. The first-order valence-corrected chi connectivity index (χ1v) is 6.78. The molecule has 2 atom stereocenters. The van der Waals surface area contributed by atoms with Crippen LogP contribution in [-0.4, -0.2) is 31.3 Å². The van der Waals surface area contributed by atoms with Gasteiger partial charge in [0.15, 0.2) is 0 Å². The van der Waals surface area contributed by atoms with Crippen molar-refractivity contribution in [3.8, 4) is 5.75 Å². The summed E-state index contributed by atoms with van der Waals surface area (Å²) in [5, 5.41) is 12.2. The van der Waals surface area contributed by atoms with Gasteiger partial charge in [-0.15, -0.1) is 0 Å². The van der Waals surface area contributed by atoms with Crippen molar-refractivity contribution in [2.45, 2.75) is 19.3 Å². The maximum absolute atomic E-state index is 12.1. The van der Waals surface area contributed by atoms with Crippen molar-refractivity contribution >= 4 is 5.91 Å². The van der Waals surface area contributed by atoms with E-state index in [1.807, 2.05) is 12.1 Å².